The molecule has 5 heteroatoms. The highest BCUT2D eigenvalue weighted by Gasteiger charge is 2.25. The minimum Gasteiger partial charge on any atom is -0.392 e. The first-order chi connectivity index (χ1) is 10.4. The Morgan fingerprint density at radius 3 is 2.95 bits per heavy atom. The van der Waals surface area contributed by atoms with Crippen LogP contribution in [-0.2, 0) is 11.4 Å². The number of hydrogen-bond acceptors (Lipinski definition) is 4. The molecular weight excluding hydrogens is 278 g/mol. The van der Waals surface area contributed by atoms with Crippen LogP contribution in [0.3, 0.4) is 0 Å². The molecule has 0 spiro atoms. The molecule has 22 heavy (non-hydrogen) atoms. The van der Waals surface area contributed by atoms with E-state index in [1.165, 1.54) is 0 Å². The molecule has 2 rings (SSSR count). The number of piperidine rings is 1. The van der Waals surface area contributed by atoms with Gasteiger partial charge in [0.15, 0.2) is 0 Å². The molecule has 5 nitrogen and oxygen atoms in total. The lowest BCUT2D eigenvalue weighted by molar-refractivity contribution is -0.128. The summed E-state index contributed by atoms with van der Waals surface area (Å²) in [6.45, 7) is 8.40. The Bertz CT molecular complexity index is 511. The number of carbonyl (C=O) groups excluding carboxylic acids is 1. The molecular formula is C17H27N3O2. The Morgan fingerprint density at radius 2 is 2.27 bits per heavy atom. The van der Waals surface area contributed by atoms with Crippen molar-refractivity contribution in [3.05, 3.63) is 24.0 Å². The predicted octanol–water partition coefficient (Wildman–Crippen LogP) is 1.95. The van der Waals surface area contributed by atoms with Crippen molar-refractivity contribution >= 4 is 11.6 Å². The molecule has 122 valence electrons. The lowest BCUT2D eigenvalue weighted by Gasteiger charge is -2.35. The fourth-order valence-electron chi connectivity index (χ4n) is 2.80. The van der Waals surface area contributed by atoms with Crippen LogP contribution in [0.2, 0.25) is 0 Å². The number of hydrogen-bond donors (Lipinski definition) is 2. The quantitative estimate of drug-likeness (QED) is 0.892. The van der Waals surface area contributed by atoms with E-state index in [0.29, 0.717) is 12.5 Å². The highest BCUT2D eigenvalue weighted by molar-refractivity contribution is 5.81. The highest BCUT2D eigenvalue weighted by Crippen LogP contribution is 2.26. The fourth-order valence-corrected chi connectivity index (χ4v) is 2.80. The van der Waals surface area contributed by atoms with Gasteiger partial charge in [0, 0.05) is 48.7 Å². The van der Waals surface area contributed by atoms with Crippen molar-refractivity contribution in [3.8, 4) is 0 Å². The van der Waals surface area contributed by atoms with Crippen molar-refractivity contribution in [1.29, 1.82) is 0 Å². The third-order valence-electron chi connectivity index (χ3n) is 4.14. The van der Waals surface area contributed by atoms with Crippen LogP contribution in [0.1, 0.15) is 39.2 Å². The van der Waals surface area contributed by atoms with Gasteiger partial charge in [-0.2, -0.15) is 0 Å². The minimum absolute atomic E-state index is 0.00506. The number of pyridine rings is 1. The summed E-state index contributed by atoms with van der Waals surface area (Å²) < 4.78 is 0. The van der Waals surface area contributed by atoms with Crippen LogP contribution >= 0.6 is 0 Å². The van der Waals surface area contributed by atoms with Crippen LogP contribution in [0.5, 0.6) is 0 Å². The number of amides is 1. The summed E-state index contributed by atoms with van der Waals surface area (Å²) in [6.07, 6.45) is 5.71. The van der Waals surface area contributed by atoms with Gasteiger partial charge in [-0.05, 0) is 24.8 Å². The average molecular weight is 305 g/mol. The van der Waals surface area contributed by atoms with E-state index in [0.717, 1.165) is 37.2 Å². The van der Waals surface area contributed by atoms with Crippen molar-refractivity contribution < 1.29 is 9.90 Å². The maximum atomic E-state index is 12.0. The summed E-state index contributed by atoms with van der Waals surface area (Å²) in [7, 11) is 0. The van der Waals surface area contributed by atoms with Crippen molar-refractivity contribution in [1.82, 2.24) is 10.3 Å². The van der Waals surface area contributed by atoms with Gasteiger partial charge in [0.2, 0.25) is 5.91 Å². The third-order valence-corrected chi connectivity index (χ3v) is 4.14. The van der Waals surface area contributed by atoms with Gasteiger partial charge < -0.3 is 15.3 Å². The molecule has 1 unspecified atom stereocenters. The van der Waals surface area contributed by atoms with Crippen LogP contribution < -0.4 is 10.2 Å². The van der Waals surface area contributed by atoms with Gasteiger partial charge in [-0.1, -0.05) is 20.8 Å². The summed E-state index contributed by atoms with van der Waals surface area (Å²) in [5, 5.41) is 12.5. The molecule has 1 aromatic heterocycles. The number of rotatable bonds is 4. The zero-order chi connectivity index (χ0) is 16.2. The molecule has 1 fully saturated rings. The van der Waals surface area contributed by atoms with Crippen molar-refractivity contribution in [3.63, 3.8) is 0 Å². The van der Waals surface area contributed by atoms with E-state index in [9.17, 15) is 9.90 Å². The van der Waals surface area contributed by atoms with E-state index in [1.807, 2.05) is 26.8 Å². The second-order valence-corrected chi connectivity index (χ2v) is 7.08. The van der Waals surface area contributed by atoms with Gasteiger partial charge in [-0.15, -0.1) is 0 Å². The second kappa shape index (κ2) is 7.09. The monoisotopic (exact) mass is 305 g/mol. The smallest absolute Gasteiger partial charge is 0.225 e. The Morgan fingerprint density at radius 1 is 1.50 bits per heavy atom. The lowest BCUT2D eigenvalue weighted by atomic mass is 9.93. The number of aliphatic hydroxyl groups is 1. The van der Waals surface area contributed by atoms with Gasteiger partial charge in [-0.3, -0.25) is 9.78 Å². The number of aliphatic hydroxyl groups excluding tert-OH is 1. The summed E-state index contributed by atoms with van der Waals surface area (Å²) in [5.74, 6) is 0.546. The molecule has 1 aliphatic rings. The first-order valence-corrected chi connectivity index (χ1v) is 7.99. The molecule has 1 amide bonds. The molecule has 2 N–H and O–H groups in total. The van der Waals surface area contributed by atoms with Crippen molar-refractivity contribution in [2.45, 2.75) is 40.2 Å². The van der Waals surface area contributed by atoms with Crippen molar-refractivity contribution in [2.75, 3.05) is 24.5 Å². The Balaban J connectivity index is 1.96. The van der Waals surface area contributed by atoms with Crippen LogP contribution in [-0.4, -0.2) is 35.6 Å². The molecule has 1 saturated heterocycles. The first-order valence-electron chi connectivity index (χ1n) is 7.99. The molecule has 2 heterocycles. The van der Waals surface area contributed by atoms with E-state index in [2.05, 4.69) is 15.2 Å². The van der Waals surface area contributed by atoms with E-state index in [1.54, 1.807) is 12.4 Å². The van der Waals surface area contributed by atoms with E-state index >= 15 is 0 Å². The Kier molecular flexibility index (Phi) is 5.40. The molecule has 0 aliphatic carbocycles. The molecule has 1 aromatic rings. The number of anilines is 1. The summed E-state index contributed by atoms with van der Waals surface area (Å²) in [6, 6.07) is 1.96. The maximum absolute atomic E-state index is 12.0. The third kappa shape index (κ3) is 4.19. The molecule has 0 saturated carbocycles. The SMILES string of the molecule is CC(C)(C)C(=O)NCC1CCCN(c2ccncc2CO)C1. The molecule has 0 radical (unpaired) electrons. The second-order valence-electron chi connectivity index (χ2n) is 7.08. The van der Waals surface area contributed by atoms with Gasteiger partial charge >= 0.3 is 0 Å². The fraction of sp³-hybridized carbons (Fsp3) is 0.647. The molecule has 0 aromatic carbocycles. The van der Waals surface area contributed by atoms with Gasteiger partial charge in [0.25, 0.3) is 0 Å². The van der Waals surface area contributed by atoms with E-state index < -0.39 is 0 Å². The number of nitrogens with one attached hydrogen (secondary N) is 1. The topological polar surface area (TPSA) is 65.5 Å². The molecule has 1 aliphatic heterocycles. The van der Waals surface area contributed by atoms with E-state index in [4.69, 9.17) is 0 Å². The standard InChI is InChI=1S/C17H27N3O2/c1-17(2,3)16(22)19-9-13-5-4-8-20(11-13)15-6-7-18-10-14(15)12-21/h6-7,10,13,21H,4-5,8-9,11-12H2,1-3H3,(H,19,22). The Labute approximate surface area is 132 Å². The number of aromatic nitrogens is 1. The predicted molar refractivity (Wildman–Crippen MR) is 87.6 cm³/mol. The van der Waals surface area contributed by atoms with Crippen LogP contribution in [0.25, 0.3) is 0 Å². The van der Waals surface area contributed by atoms with Crippen LogP contribution in [0, 0.1) is 11.3 Å². The maximum Gasteiger partial charge on any atom is 0.225 e. The highest BCUT2D eigenvalue weighted by atomic mass is 16.3. The van der Waals surface area contributed by atoms with E-state index in [-0.39, 0.29) is 17.9 Å². The Hall–Kier alpha value is -1.62. The largest absolute Gasteiger partial charge is 0.392 e. The van der Waals surface area contributed by atoms with Gasteiger partial charge in [0.05, 0.1) is 6.61 Å². The van der Waals surface area contributed by atoms with Crippen LogP contribution in [0.15, 0.2) is 18.5 Å². The van der Waals surface area contributed by atoms with Gasteiger partial charge in [-0.25, -0.2) is 0 Å². The minimum atomic E-state index is -0.344. The number of carbonyl (C=O) groups is 1. The first kappa shape index (κ1) is 16.7. The molecule has 0 bridgehead atoms. The summed E-state index contributed by atoms with van der Waals surface area (Å²) >= 11 is 0. The number of nitrogens with zero attached hydrogens (tertiary/aromatic N) is 2. The summed E-state index contributed by atoms with van der Waals surface area (Å²) in [4.78, 5) is 18.4. The average Bonchev–Trinajstić information content (AvgIpc) is 2.52. The van der Waals surface area contributed by atoms with Crippen molar-refractivity contribution in [2.24, 2.45) is 11.3 Å². The zero-order valence-electron chi connectivity index (χ0n) is 13.8. The zero-order valence-corrected chi connectivity index (χ0v) is 13.8. The van der Waals surface area contributed by atoms with Gasteiger partial charge in [0.1, 0.15) is 0 Å². The summed E-state index contributed by atoms with van der Waals surface area (Å²) in [5.41, 5.74) is 1.58. The normalized spacial score (nSPS) is 19.1. The van der Waals surface area contributed by atoms with Crippen LogP contribution in [0.4, 0.5) is 5.69 Å². The molecule has 1 atom stereocenters. The lowest BCUT2D eigenvalue weighted by Crippen LogP contribution is -2.43.